The SMILES string of the molecule is CCCC(=O)OCO[C@@H]1[C@H](O)[C@@H](COC(c2ccccc2)(c2ccc(OC)cc2)c2ccc(OC)cc2)O[C@H]1n1ccc(=O)[nH]c1=O. The van der Waals surface area contributed by atoms with Crippen LogP contribution in [-0.2, 0) is 29.3 Å². The van der Waals surface area contributed by atoms with Crippen molar-refractivity contribution >= 4 is 5.97 Å². The standard InChI is InChI=1S/C35H38N2O10/c1-4-8-30(39)44-22-45-32-31(40)28(47-33(32)37-20-19-29(38)36-34(37)41)21-46-35(23-9-6-5-7-10-23,24-11-15-26(42-2)16-12-24)25-13-17-27(43-3)18-14-25/h5-7,9-20,28,31-33,40H,4,8,21-22H2,1-3H3,(H,36,38,41)/t28-,31-,32-,33-/m1/s1. The minimum absolute atomic E-state index is 0.168. The van der Waals surface area contributed by atoms with Crippen LogP contribution in [0, 0.1) is 0 Å². The van der Waals surface area contributed by atoms with Gasteiger partial charge in [-0.1, -0.05) is 61.5 Å². The van der Waals surface area contributed by atoms with E-state index in [1.807, 2.05) is 85.8 Å². The summed E-state index contributed by atoms with van der Waals surface area (Å²) in [7, 11) is 3.18. The number of hydrogen-bond acceptors (Lipinski definition) is 10. The molecular weight excluding hydrogens is 608 g/mol. The first-order valence-electron chi connectivity index (χ1n) is 15.2. The van der Waals surface area contributed by atoms with Crippen molar-refractivity contribution in [1.29, 1.82) is 0 Å². The van der Waals surface area contributed by atoms with E-state index in [-0.39, 0.29) is 13.0 Å². The molecule has 0 saturated carbocycles. The summed E-state index contributed by atoms with van der Waals surface area (Å²) in [6.45, 7) is 1.20. The van der Waals surface area contributed by atoms with Crippen LogP contribution in [0.4, 0.5) is 0 Å². The Kier molecular flexibility index (Phi) is 10.9. The van der Waals surface area contributed by atoms with Crippen molar-refractivity contribution in [3.63, 3.8) is 0 Å². The maximum absolute atomic E-state index is 12.8. The first-order valence-corrected chi connectivity index (χ1v) is 15.2. The third kappa shape index (κ3) is 7.31. The van der Waals surface area contributed by atoms with E-state index in [9.17, 15) is 19.5 Å². The van der Waals surface area contributed by atoms with Gasteiger partial charge in [0.05, 0.1) is 20.8 Å². The zero-order valence-corrected chi connectivity index (χ0v) is 26.4. The van der Waals surface area contributed by atoms with Gasteiger partial charge in [-0.3, -0.25) is 19.1 Å². The van der Waals surface area contributed by atoms with E-state index >= 15 is 0 Å². The van der Waals surface area contributed by atoms with Gasteiger partial charge in [0.25, 0.3) is 5.56 Å². The smallest absolute Gasteiger partial charge is 0.330 e. The monoisotopic (exact) mass is 646 g/mol. The maximum atomic E-state index is 12.8. The Hall–Kier alpha value is -4.75. The number of nitrogens with zero attached hydrogens (tertiary/aromatic N) is 1. The fourth-order valence-electron chi connectivity index (χ4n) is 5.62. The molecule has 0 spiro atoms. The summed E-state index contributed by atoms with van der Waals surface area (Å²) in [5.41, 5.74) is -0.226. The number of aromatic nitrogens is 2. The molecule has 0 radical (unpaired) electrons. The van der Waals surface area contributed by atoms with Crippen molar-refractivity contribution in [2.75, 3.05) is 27.6 Å². The number of aliphatic hydroxyl groups excluding tert-OH is 1. The number of nitrogens with one attached hydrogen (secondary N) is 1. The minimum atomic E-state index is -1.33. The van der Waals surface area contributed by atoms with Crippen LogP contribution < -0.4 is 20.7 Å². The van der Waals surface area contributed by atoms with Gasteiger partial charge in [0, 0.05) is 18.7 Å². The normalized spacial score (nSPS) is 19.3. The molecule has 5 rings (SSSR count). The van der Waals surface area contributed by atoms with E-state index in [2.05, 4.69) is 4.98 Å². The van der Waals surface area contributed by atoms with Gasteiger partial charge in [0.1, 0.15) is 35.4 Å². The first-order chi connectivity index (χ1) is 22.8. The second-order valence-corrected chi connectivity index (χ2v) is 10.9. The fraction of sp³-hybridized carbons (Fsp3) is 0.343. The molecule has 248 valence electrons. The highest BCUT2D eigenvalue weighted by atomic mass is 16.7. The van der Waals surface area contributed by atoms with E-state index in [4.69, 9.17) is 28.4 Å². The van der Waals surface area contributed by atoms with Crippen LogP contribution in [0.25, 0.3) is 0 Å². The summed E-state index contributed by atoms with van der Waals surface area (Å²) in [6, 6.07) is 25.7. The zero-order valence-electron chi connectivity index (χ0n) is 26.4. The first kappa shape index (κ1) is 33.6. The predicted octanol–water partition coefficient (Wildman–Crippen LogP) is 3.51. The lowest BCUT2D eigenvalue weighted by molar-refractivity contribution is -0.171. The maximum Gasteiger partial charge on any atom is 0.330 e. The van der Waals surface area contributed by atoms with Gasteiger partial charge < -0.3 is 33.5 Å². The summed E-state index contributed by atoms with van der Waals surface area (Å²) in [5.74, 6) is 0.854. The average Bonchev–Trinajstić information content (AvgIpc) is 3.40. The molecule has 0 unspecified atom stereocenters. The topological polar surface area (TPSA) is 148 Å². The number of carbonyl (C=O) groups excluding carboxylic acids is 1. The van der Waals surface area contributed by atoms with Crippen molar-refractivity contribution in [3.05, 3.63) is 129 Å². The minimum Gasteiger partial charge on any atom is -0.497 e. The van der Waals surface area contributed by atoms with E-state index in [0.717, 1.165) is 27.3 Å². The molecule has 1 saturated heterocycles. The Morgan fingerprint density at radius 3 is 2.04 bits per heavy atom. The molecule has 47 heavy (non-hydrogen) atoms. The van der Waals surface area contributed by atoms with Gasteiger partial charge in [-0.25, -0.2) is 4.79 Å². The summed E-state index contributed by atoms with van der Waals surface area (Å²) in [6.07, 6.45) is -2.64. The molecule has 2 N–H and O–H groups in total. The molecular formula is C35H38N2O10. The molecule has 1 aliphatic heterocycles. The summed E-state index contributed by atoms with van der Waals surface area (Å²) in [4.78, 5) is 38.7. The molecule has 12 nitrogen and oxygen atoms in total. The van der Waals surface area contributed by atoms with Gasteiger partial charge in [0.2, 0.25) is 0 Å². The molecule has 2 heterocycles. The van der Waals surface area contributed by atoms with Gasteiger partial charge >= 0.3 is 11.7 Å². The Labute approximate surface area is 271 Å². The fourth-order valence-corrected chi connectivity index (χ4v) is 5.62. The molecule has 4 atom stereocenters. The third-order valence-electron chi connectivity index (χ3n) is 8.01. The molecule has 3 aromatic carbocycles. The largest absolute Gasteiger partial charge is 0.497 e. The van der Waals surface area contributed by atoms with Crippen LogP contribution in [0.15, 0.2) is 101 Å². The van der Waals surface area contributed by atoms with Crippen LogP contribution in [0.1, 0.15) is 42.7 Å². The summed E-state index contributed by atoms with van der Waals surface area (Å²) >= 11 is 0. The average molecular weight is 647 g/mol. The van der Waals surface area contributed by atoms with E-state index in [1.54, 1.807) is 14.2 Å². The summed E-state index contributed by atoms with van der Waals surface area (Å²) < 4.78 is 36.0. The lowest BCUT2D eigenvalue weighted by atomic mass is 9.80. The molecule has 0 bridgehead atoms. The highest BCUT2D eigenvalue weighted by Gasteiger charge is 2.48. The van der Waals surface area contributed by atoms with Crippen LogP contribution in [0.3, 0.4) is 0 Å². The number of methoxy groups -OCH3 is 2. The van der Waals surface area contributed by atoms with Crippen molar-refractivity contribution in [3.8, 4) is 11.5 Å². The second kappa shape index (κ2) is 15.2. The van der Waals surface area contributed by atoms with Crippen molar-refractivity contribution in [2.24, 2.45) is 0 Å². The number of aliphatic hydroxyl groups is 1. The quantitative estimate of drug-likeness (QED) is 0.119. The lowest BCUT2D eigenvalue weighted by Gasteiger charge is -2.37. The number of rotatable bonds is 14. The molecule has 0 aliphatic carbocycles. The highest BCUT2D eigenvalue weighted by molar-refractivity contribution is 5.69. The molecule has 4 aromatic rings. The second-order valence-electron chi connectivity index (χ2n) is 10.9. The van der Waals surface area contributed by atoms with E-state index in [0.29, 0.717) is 17.9 Å². The number of carbonyl (C=O) groups is 1. The van der Waals surface area contributed by atoms with Crippen LogP contribution in [0.2, 0.25) is 0 Å². The number of aromatic amines is 1. The Balaban J connectivity index is 1.52. The third-order valence-corrected chi connectivity index (χ3v) is 8.01. The number of esters is 1. The molecule has 0 amide bonds. The Bertz CT molecular complexity index is 1670. The van der Waals surface area contributed by atoms with Crippen molar-refractivity contribution < 1.29 is 38.3 Å². The number of hydrogen-bond donors (Lipinski definition) is 2. The van der Waals surface area contributed by atoms with Gasteiger partial charge in [0.15, 0.2) is 13.0 Å². The molecule has 12 heteroatoms. The van der Waals surface area contributed by atoms with Crippen LogP contribution >= 0.6 is 0 Å². The van der Waals surface area contributed by atoms with Crippen molar-refractivity contribution in [2.45, 2.75) is 49.9 Å². The van der Waals surface area contributed by atoms with Crippen LogP contribution in [0.5, 0.6) is 11.5 Å². The highest BCUT2D eigenvalue weighted by Crippen LogP contribution is 2.43. The van der Waals surface area contributed by atoms with Crippen LogP contribution in [-0.4, -0.2) is 66.6 Å². The number of ether oxygens (including phenoxy) is 6. The Morgan fingerprint density at radius 1 is 0.894 bits per heavy atom. The van der Waals surface area contributed by atoms with Gasteiger partial charge in [-0.05, 0) is 47.4 Å². The lowest BCUT2D eigenvalue weighted by Crippen LogP contribution is -2.41. The molecule has 1 fully saturated rings. The summed E-state index contributed by atoms with van der Waals surface area (Å²) in [5, 5.41) is 11.5. The van der Waals surface area contributed by atoms with E-state index < -0.39 is 54.2 Å². The number of H-pyrrole nitrogens is 1. The van der Waals surface area contributed by atoms with Crippen molar-refractivity contribution in [1.82, 2.24) is 9.55 Å². The van der Waals surface area contributed by atoms with Gasteiger partial charge in [-0.15, -0.1) is 0 Å². The Morgan fingerprint density at radius 2 is 1.49 bits per heavy atom. The predicted molar refractivity (Wildman–Crippen MR) is 170 cm³/mol. The molecule has 1 aliphatic rings. The van der Waals surface area contributed by atoms with E-state index in [1.165, 1.54) is 6.20 Å². The molecule has 1 aromatic heterocycles. The van der Waals surface area contributed by atoms with Gasteiger partial charge in [-0.2, -0.15) is 0 Å². The zero-order chi connectivity index (χ0) is 33.4. The number of benzene rings is 3.